The highest BCUT2D eigenvalue weighted by molar-refractivity contribution is 6.30. The topological polar surface area (TPSA) is 54.2 Å². The zero-order valence-corrected chi connectivity index (χ0v) is 12.8. The monoisotopic (exact) mass is 305 g/mol. The maximum absolute atomic E-state index is 5.87. The average Bonchev–Trinajstić information content (AvgIpc) is 3.00. The summed E-state index contributed by atoms with van der Waals surface area (Å²) in [7, 11) is 0. The summed E-state index contributed by atoms with van der Waals surface area (Å²) < 4.78 is 2.02. The van der Waals surface area contributed by atoms with E-state index in [1.807, 2.05) is 35.0 Å². The molecule has 112 valence electrons. The quantitative estimate of drug-likeness (QED) is 0.636. The lowest BCUT2D eigenvalue weighted by Gasteiger charge is -2.11. The number of aliphatic imine (C=N–C) groups is 1. The largest absolute Gasteiger partial charge is 0.357 e. The van der Waals surface area contributed by atoms with Gasteiger partial charge in [0.15, 0.2) is 5.96 Å². The summed E-state index contributed by atoms with van der Waals surface area (Å²) in [6.45, 7) is 5.15. The van der Waals surface area contributed by atoms with Gasteiger partial charge in [0.2, 0.25) is 0 Å². The summed E-state index contributed by atoms with van der Waals surface area (Å²) >= 11 is 5.87. The van der Waals surface area contributed by atoms with Crippen LogP contribution in [0.5, 0.6) is 0 Å². The third-order valence-corrected chi connectivity index (χ3v) is 3.15. The predicted octanol–water partition coefficient (Wildman–Crippen LogP) is 2.29. The normalized spacial score (nSPS) is 11.4. The minimum absolute atomic E-state index is 0.623. The predicted molar refractivity (Wildman–Crippen MR) is 86.5 cm³/mol. The third kappa shape index (κ3) is 5.47. The van der Waals surface area contributed by atoms with Crippen molar-refractivity contribution in [1.29, 1.82) is 0 Å². The summed E-state index contributed by atoms with van der Waals surface area (Å²) in [5, 5.41) is 7.28. The molecule has 0 spiro atoms. The molecule has 0 unspecified atom stereocenters. The lowest BCUT2D eigenvalue weighted by Crippen LogP contribution is -2.38. The first-order chi connectivity index (χ1) is 10.3. The highest BCUT2D eigenvalue weighted by atomic mass is 35.5. The molecule has 0 bridgehead atoms. The van der Waals surface area contributed by atoms with Crippen molar-refractivity contribution in [3.8, 4) is 0 Å². The van der Waals surface area contributed by atoms with E-state index in [-0.39, 0.29) is 0 Å². The summed E-state index contributed by atoms with van der Waals surface area (Å²) in [5.74, 6) is 0.813. The number of rotatable bonds is 6. The molecular formula is C15H20ClN5. The second-order valence-corrected chi connectivity index (χ2v) is 4.99. The molecule has 0 atom stereocenters. The molecule has 0 saturated heterocycles. The molecule has 6 heteroatoms. The molecule has 2 rings (SSSR count). The highest BCUT2D eigenvalue weighted by Gasteiger charge is 1.98. The van der Waals surface area contributed by atoms with Crippen molar-refractivity contribution in [2.45, 2.75) is 20.0 Å². The lowest BCUT2D eigenvalue weighted by atomic mass is 10.2. The maximum atomic E-state index is 5.87. The van der Waals surface area contributed by atoms with Gasteiger partial charge in [-0.2, -0.15) is 0 Å². The van der Waals surface area contributed by atoms with Crippen LogP contribution in [-0.4, -0.2) is 28.6 Å². The first-order valence-corrected chi connectivity index (χ1v) is 7.38. The summed E-state index contributed by atoms with van der Waals surface area (Å²) in [6.07, 6.45) is 5.53. The van der Waals surface area contributed by atoms with Crippen molar-refractivity contribution in [2.75, 3.05) is 13.1 Å². The van der Waals surface area contributed by atoms with Crippen molar-refractivity contribution >= 4 is 17.6 Å². The lowest BCUT2D eigenvalue weighted by molar-refractivity contribution is 0.662. The van der Waals surface area contributed by atoms with Crippen molar-refractivity contribution in [1.82, 2.24) is 20.2 Å². The molecule has 0 aliphatic carbocycles. The van der Waals surface area contributed by atoms with Crippen LogP contribution in [0, 0.1) is 0 Å². The first-order valence-electron chi connectivity index (χ1n) is 7.00. The van der Waals surface area contributed by atoms with E-state index in [0.29, 0.717) is 6.54 Å². The number of imidazole rings is 1. The molecule has 2 aromatic rings. The fourth-order valence-electron chi connectivity index (χ4n) is 1.82. The summed E-state index contributed by atoms with van der Waals surface area (Å²) in [6, 6.07) is 7.74. The van der Waals surface area contributed by atoms with Gasteiger partial charge in [0.1, 0.15) is 0 Å². The molecule has 2 N–H and O–H groups in total. The van der Waals surface area contributed by atoms with E-state index in [9.17, 15) is 0 Å². The fraction of sp³-hybridized carbons (Fsp3) is 0.333. The van der Waals surface area contributed by atoms with Gasteiger partial charge in [-0.3, -0.25) is 0 Å². The molecule has 21 heavy (non-hydrogen) atoms. The van der Waals surface area contributed by atoms with E-state index in [2.05, 4.69) is 27.5 Å². The van der Waals surface area contributed by atoms with Crippen molar-refractivity contribution < 1.29 is 0 Å². The van der Waals surface area contributed by atoms with Gasteiger partial charge in [0.25, 0.3) is 0 Å². The fourth-order valence-corrected chi connectivity index (χ4v) is 1.95. The molecule has 1 heterocycles. The van der Waals surface area contributed by atoms with Crippen LogP contribution in [0.25, 0.3) is 0 Å². The van der Waals surface area contributed by atoms with Crippen molar-refractivity contribution in [2.24, 2.45) is 4.99 Å². The molecule has 0 radical (unpaired) electrons. The van der Waals surface area contributed by atoms with Crippen LogP contribution in [-0.2, 0) is 13.1 Å². The Morgan fingerprint density at radius 2 is 2.10 bits per heavy atom. The van der Waals surface area contributed by atoms with Gasteiger partial charge in [0, 0.05) is 37.1 Å². The van der Waals surface area contributed by atoms with Crippen LogP contribution in [0.2, 0.25) is 5.02 Å². The van der Waals surface area contributed by atoms with E-state index in [1.165, 1.54) is 0 Å². The van der Waals surface area contributed by atoms with Crippen LogP contribution in [0.4, 0.5) is 0 Å². The van der Waals surface area contributed by atoms with Gasteiger partial charge in [-0.1, -0.05) is 23.7 Å². The molecule has 0 aliphatic rings. The van der Waals surface area contributed by atoms with E-state index in [4.69, 9.17) is 11.6 Å². The molecular weight excluding hydrogens is 286 g/mol. The number of nitrogens with zero attached hydrogens (tertiary/aromatic N) is 3. The number of halogens is 1. The second kappa shape index (κ2) is 8.32. The average molecular weight is 306 g/mol. The van der Waals surface area contributed by atoms with Gasteiger partial charge in [0.05, 0.1) is 12.9 Å². The van der Waals surface area contributed by atoms with Crippen LogP contribution < -0.4 is 10.6 Å². The molecule has 0 fully saturated rings. The maximum Gasteiger partial charge on any atom is 0.191 e. The number of hydrogen-bond acceptors (Lipinski definition) is 2. The van der Waals surface area contributed by atoms with Crippen LogP contribution in [0.15, 0.2) is 48.0 Å². The number of aromatic nitrogens is 2. The van der Waals surface area contributed by atoms with Gasteiger partial charge in [-0.05, 0) is 24.6 Å². The number of nitrogens with one attached hydrogen (secondary N) is 2. The molecule has 5 nitrogen and oxygen atoms in total. The Morgan fingerprint density at radius 1 is 1.29 bits per heavy atom. The van der Waals surface area contributed by atoms with Gasteiger partial charge in [-0.15, -0.1) is 0 Å². The third-order valence-electron chi connectivity index (χ3n) is 2.90. The van der Waals surface area contributed by atoms with Gasteiger partial charge in [-0.25, -0.2) is 9.98 Å². The minimum atomic E-state index is 0.623. The number of guanidine groups is 1. The Hall–Kier alpha value is -2.01. The summed E-state index contributed by atoms with van der Waals surface area (Å²) in [4.78, 5) is 8.58. The van der Waals surface area contributed by atoms with E-state index < -0.39 is 0 Å². The summed E-state index contributed by atoms with van der Waals surface area (Å²) in [5.41, 5.74) is 1.13. The number of hydrogen-bond donors (Lipinski definition) is 2. The molecule has 0 aliphatic heterocycles. The van der Waals surface area contributed by atoms with Crippen LogP contribution in [0.1, 0.15) is 12.5 Å². The van der Waals surface area contributed by atoms with Crippen LogP contribution >= 0.6 is 11.6 Å². The van der Waals surface area contributed by atoms with Gasteiger partial charge < -0.3 is 15.2 Å². The second-order valence-electron chi connectivity index (χ2n) is 4.55. The van der Waals surface area contributed by atoms with Crippen molar-refractivity contribution in [3.63, 3.8) is 0 Å². The Morgan fingerprint density at radius 3 is 2.76 bits per heavy atom. The van der Waals surface area contributed by atoms with E-state index >= 15 is 0 Å². The van der Waals surface area contributed by atoms with Gasteiger partial charge >= 0.3 is 0 Å². The Kier molecular flexibility index (Phi) is 6.09. The molecule has 0 amide bonds. The van der Waals surface area contributed by atoms with E-state index in [0.717, 1.165) is 36.2 Å². The van der Waals surface area contributed by atoms with Crippen LogP contribution in [0.3, 0.4) is 0 Å². The van der Waals surface area contributed by atoms with Crippen molar-refractivity contribution in [3.05, 3.63) is 53.6 Å². The smallest absolute Gasteiger partial charge is 0.191 e. The zero-order valence-electron chi connectivity index (χ0n) is 12.1. The highest BCUT2D eigenvalue weighted by Crippen LogP contribution is 2.09. The Labute approximate surface area is 130 Å². The minimum Gasteiger partial charge on any atom is -0.357 e. The molecule has 0 saturated carbocycles. The van der Waals surface area contributed by atoms with E-state index in [1.54, 1.807) is 12.5 Å². The Bertz CT molecular complexity index is 548. The molecule has 1 aromatic carbocycles. The molecule has 1 aromatic heterocycles. The standard InChI is InChI=1S/C15H20ClN5/c1-2-18-15(19-8-10-21-9-7-17-12-21)20-11-13-3-5-14(16)6-4-13/h3-7,9,12H,2,8,10-11H2,1H3,(H2,18,19,20). The first kappa shape index (κ1) is 15.4. The SMILES string of the molecule is CCNC(=NCc1ccc(Cl)cc1)NCCn1ccnc1. The number of benzene rings is 1. The zero-order chi connectivity index (χ0) is 14.9. The Balaban J connectivity index is 1.84.